The van der Waals surface area contributed by atoms with Gasteiger partial charge in [0.15, 0.2) is 0 Å². The zero-order valence-electron chi connectivity index (χ0n) is 12.6. The van der Waals surface area contributed by atoms with Gasteiger partial charge in [0.2, 0.25) is 0 Å². The zero-order valence-corrected chi connectivity index (χ0v) is 12.6. The van der Waals surface area contributed by atoms with Crippen molar-refractivity contribution in [3.63, 3.8) is 0 Å². The highest BCUT2D eigenvalue weighted by molar-refractivity contribution is 5.19. The highest BCUT2D eigenvalue weighted by Crippen LogP contribution is 2.18. The number of halogens is 1. The third kappa shape index (κ3) is 4.01. The summed E-state index contributed by atoms with van der Waals surface area (Å²) in [6, 6.07) is 7.09. The summed E-state index contributed by atoms with van der Waals surface area (Å²) in [6.07, 6.45) is 2.32. The molecular weight excluding hydrogens is 253 g/mol. The second-order valence-electron chi connectivity index (χ2n) is 5.83. The first-order valence-corrected chi connectivity index (χ1v) is 7.53. The molecule has 0 saturated carbocycles. The minimum Gasteiger partial charge on any atom is -0.323 e. The van der Waals surface area contributed by atoms with Crippen molar-refractivity contribution in [3.8, 4) is 0 Å². The van der Waals surface area contributed by atoms with Crippen LogP contribution in [-0.2, 0) is 0 Å². The minimum absolute atomic E-state index is 0.0481. The first kappa shape index (κ1) is 15.4. The van der Waals surface area contributed by atoms with Gasteiger partial charge in [-0.25, -0.2) is 4.39 Å². The zero-order chi connectivity index (χ0) is 14.5. The smallest absolute Gasteiger partial charge is 0.123 e. The molecule has 112 valence electrons. The summed E-state index contributed by atoms with van der Waals surface area (Å²) in [7, 11) is 2.19. The third-order valence-electron chi connectivity index (χ3n) is 4.22. The monoisotopic (exact) mass is 279 g/mol. The lowest BCUT2D eigenvalue weighted by atomic mass is 10.1. The van der Waals surface area contributed by atoms with Gasteiger partial charge in [-0.3, -0.25) is 4.90 Å². The first-order valence-electron chi connectivity index (χ1n) is 7.53. The van der Waals surface area contributed by atoms with E-state index in [1.54, 1.807) is 12.1 Å². The molecule has 0 aliphatic carbocycles. The summed E-state index contributed by atoms with van der Waals surface area (Å²) in [5, 5.41) is 0. The van der Waals surface area contributed by atoms with Crippen LogP contribution in [0.3, 0.4) is 0 Å². The van der Waals surface area contributed by atoms with E-state index in [1.165, 1.54) is 18.6 Å². The van der Waals surface area contributed by atoms with Crippen LogP contribution in [0.15, 0.2) is 24.3 Å². The molecule has 1 fully saturated rings. The van der Waals surface area contributed by atoms with E-state index < -0.39 is 0 Å². The van der Waals surface area contributed by atoms with Crippen molar-refractivity contribution in [2.75, 3.05) is 33.2 Å². The molecule has 0 spiro atoms. The molecule has 0 aromatic heterocycles. The van der Waals surface area contributed by atoms with Gasteiger partial charge in [0.1, 0.15) is 5.82 Å². The minimum atomic E-state index is -0.205. The number of nitrogens with two attached hydrogens (primary N) is 1. The molecule has 1 aromatic rings. The standard InChI is InChI=1S/C16H26FN3/c1-3-15-11-19(2)9-4-10-20(15)12-16(18)13-5-7-14(17)8-6-13/h5-8,15-16H,3-4,9-12,18H2,1-2H3. The molecule has 2 atom stereocenters. The van der Waals surface area contributed by atoms with Gasteiger partial charge in [0.05, 0.1) is 0 Å². The summed E-state index contributed by atoms with van der Waals surface area (Å²) in [5.41, 5.74) is 7.31. The van der Waals surface area contributed by atoms with Crippen LogP contribution in [0.4, 0.5) is 4.39 Å². The fourth-order valence-electron chi connectivity index (χ4n) is 2.99. The molecular formula is C16H26FN3. The molecule has 3 nitrogen and oxygen atoms in total. The fourth-order valence-corrected chi connectivity index (χ4v) is 2.99. The predicted octanol–water partition coefficient (Wildman–Crippen LogP) is 2.24. The highest BCUT2D eigenvalue weighted by atomic mass is 19.1. The summed E-state index contributed by atoms with van der Waals surface area (Å²) in [6.45, 7) is 6.43. The molecule has 0 radical (unpaired) electrons. The second kappa shape index (κ2) is 7.16. The van der Waals surface area contributed by atoms with E-state index in [0.717, 1.165) is 38.2 Å². The lowest BCUT2D eigenvalue weighted by Gasteiger charge is -2.32. The van der Waals surface area contributed by atoms with Crippen molar-refractivity contribution in [3.05, 3.63) is 35.6 Å². The van der Waals surface area contributed by atoms with Crippen LogP contribution in [-0.4, -0.2) is 49.1 Å². The molecule has 2 rings (SSSR count). The normalized spacial score (nSPS) is 23.5. The Morgan fingerprint density at radius 3 is 2.65 bits per heavy atom. The maximum atomic E-state index is 13.0. The maximum Gasteiger partial charge on any atom is 0.123 e. The summed E-state index contributed by atoms with van der Waals surface area (Å²) in [4.78, 5) is 4.90. The lowest BCUT2D eigenvalue weighted by molar-refractivity contribution is 0.174. The second-order valence-corrected chi connectivity index (χ2v) is 5.83. The Kier molecular flexibility index (Phi) is 5.52. The summed E-state index contributed by atoms with van der Waals surface area (Å²) in [5.74, 6) is -0.205. The van der Waals surface area contributed by atoms with E-state index >= 15 is 0 Å². The molecule has 2 N–H and O–H groups in total. The predicted molar refractivity (Wildman–Crippen MR) is 81.1 cm³/mol. The van der Waals surface area contributed by atoms with Gasteiger partial charge in [0.25, 0.3) is 0 Å². The van der Waals surface area contributed by atoms with E-state index in [0.29, 0.717) is 6.04 Å². The quantitative estimate of drug-likeness (QED) is 0.917. The van der Waals surface area contributed by atoms with Gasteiger partial charge < -0.3 is 10.6 Å². The number of hydrogen-bond donors (Lipinski definition) is 1. The molecule has 0 amide bonds. The number of nitrogens with zero attached hydrogens (tertiary/aromatic N) is 2. The molecule has 1 aromatic carbocycles. The van der Waals surface area contributed by atoms with E-state index in [-0.39, 0.29) is 11.9 Å². The van der Waals surface area contributed by atoms with E-state index in [4.69, 9.17) is 5.73 Å². The van der Waals surface area contributed by atoms with Gasteiger partial charge in [-0.1, -0.05) is 19.1 Å². The lowest BCUT2D eigenvalue weighted by Crippen LogP contribution is -2.43. The Labute approximate surface area is 121 Å². The Hall–Kier alpha value is -0.970. The molecule has 2 unspecified atom stereocenters. The topological polar surface area (TPSA) is 32.5 Å². The van der Waals surface area contributed by atoms with Crippen LogP contribution < -0.4 is 5.73 Å². The SMILES string of the molecule is CCC1CN(C)CCCN1CC(N)c1ccc(F)cc1. The first-order chi connectivity index (χ1) is 9.60. The van der Waals surface area contributed by atoms with Crippen LogP contribution >= 0.6 is 0 Å². The van der Waals surface area contributed by atoms with E-state index in [1.807, 2.05) is 0 Å². The average molecular weight is 279 g/mol. The van der Waals surface area contributed by atoms with Crippen LogP contribution in [0.1, 0.15) is 31.4 Å². The van der Waals surface area contributed by atoms with Crippen LogP contribution in [0.5, 0.6) is 0 Å². The number of rotatable bonds is 4. The molecule has 1 aliphatic rings. The van der Waals surface area contributed by atoms with Crippen LogP contribution in [0.2, 0.25) is 0 Å². The van der Waals surface area contributed by atoms with Gasteiger partial charge in [-0.05, 0) is 50.7 Å². The molecule has 0 bridgehead atoms. The molecule has 1 heterocycles. The largest absolute Gasteiger partial charge is 0.323 e. The van der Waals surface area contributed by atoms with Crippen molar-refractivity contribution in [1.82, 2.24) is 9.80 Å². The van der Waals surface area contributed by atoms with Gasteiger partial charge in [0, 0.05) is 25.2 Å². The Morgan fingerprint density at radius 2 is 2.00 bits per heavy atom. The highest BCUT2D eigenvalue weighted by Gasteiger charge is 2.23. The van der Waals surface area contributed by atoms with Crippen molar-refractivity contribution >= 4 is 0 Å². The Bertz CT molecular complexity index is 407. The Morgan fingerprint density at radius 1 is 1.30 bits per heavy atom. The molecule has 1 saturated heterocycles. The van der Waals surface area contributed by atoms with Gasteiger partial charge in [-0.2, -0.15) is 0 Å². The average Bonchev–Trinajstić information content (AvgIpc) is 2.61. The van der Waals surface area contributed by atoms with Crippen LogP contribution in [0, 0.1) is 5.82 Å². The van der Waals surface area contributed by atoms with Crippen molar-refractivity contribution < 1.29 is 4.39 Å². The fraction of sp³-hybridized carbons (Fsp3) is 0.625. The summed E-state index contributed by atoms with van der Waals surface area (Å²) >= 11 is 0. The number of benzene rings is 1. The number of likely N-dealkylation sites (N-methyl/N-ethyl adjacent to an activating group) is 1. The van der Waals surface area contributed by atoms with Crippen LogP contribution in [0.25, 0.3) is 0 Å². The third-order valence-corrected chi connectivity index (χ3v) is 4.22. The van der Waals surface area contributed by atoms with E-state index in [2.05, 4.69) is 23.8 Å². The van der Waals surface area contributed by atoms with E-state index in [9.17, 15) is 4.39 Å². The molecule has 1 aliphatic heterocycles. The van der Waals surface area contributed by atoms with Gasteiger partial charge in [-0.15, -0.1) is 0 Å². The Balaban J connectivity index is 2.01. The molecule has 20 heavy (non-hydrogen) atoms. The van der Waals surface area contributed by atoms with Gasteiger partial charge >= 0.3 is 0 Å². The van der Waals surface area contributed by atoms with Crippen molar-refractivity contribution in [2.24, 2.45) is 5.73 Å². The number of hydrogen-bond acceptors (Lipinski definition) is 3. The molecule has 4 heteroatoms. The summed E-state index contributed by atoms with van der Waals surface area (Å²) < 4.78 is 13.0. The van der Waals surface area contributed by atoms with Crippen molar-refractivity contribution in [2.45, 2.75) is 31.8 Å². The van der Waals surface area contributed by atoms with Crippen molar-refractivity contribution in [1.29, 1.82) is 0 Å². The maximum absolute atomic E-state index is 13.0.